The number of methoxy groups -OCH3 is 1. The number of hydrogen-bond acceptors (Lipinski definition) is 2. The molecule has 0 radical (unpaired) electrons. The lowest BCUT2D eigenvalue weighted by Gasteiger charge is -2.19. The summed E-state index contributed by atoms with van der Waals surface area (Å²) in [5.41, 5.74) is 1.71. The van der Waals surface area contributed by atoms with Crippen LogP contribution in [0.15, 0.2) is 46.9 Å². The Morgan fingerprint density at radius 2 is 2.00 bits per heavy atom. The predicted octanol–water partition coefficient (Wildman–Crippen LogP) is 4.10. The highest BCUT2D eigenvalue weighted by Gasteiger charge is 2.16. The molecular weight excluding hydrogens is 321 g/mol. The molecule has 1 unspecified atom stereocenters. The van der Waals surface area contributed by atoms with E-state index in [1.165, 1.54) is 6.07 Å². The Labute approximate surface area is 127 Å². The van der Waals surface area contributed by atoms with E-state index >= 15 is 0 Å². The Morgan fingerprint density at radius 3 is 2.65 bits per heavy atom. The Hall–Kier alpha value is -1.39. The van der Waals surface area contributed by atoms with Crippen LogP contribution in [0.4, 0.5) is 4.39 Å². The van der Waals surface area contributed by atoms with Crippen molar-refractivity contribution in [2.24, 2.45) is 0 Å². The fraction of sp³-hybridized carbons (Fsp3) is 0.250. The molecule has 0 aliphatic carbocycles. The molecule has 2 rings (SSSR count). The van der Waals surface area contributed by atoms with Crippen LogP contribution in [0.5, 0.6) is 5.75 Å². The van der Waals surface area contributed by atoms with Gasteiger partial charge in [0.1, 0.15) is 11.6 Å². The summed E-state index contributed by atoms with van der Waals surface area (Å²) in [6, 6.07) is 12.8. The van der Waals surface area contributed by atoms with Crippen molar-refractivity contribution in [2.45, 2.75) is 12.5 Å². The summed E-state index contributed by atoms with van der Waals surface area (Å²) in [6.07, 6.45) is 0.666. The fourth-order valence-corrected chi connectivity index (χ4v) is 2.58. The van der Waals surface area contributed by atoms with Gasteiger partial charge in [-0.3, -0.25) is 0 Å². The van der Waals surface area contributed by atoms with Crippen molar-refractivity contribution in [3.05, 3.63) is 63.9 Å². The Balaban J connectivity index is 2.29. The SMILES string of the molecule is CNC(Cc1ccccc1OC)c1ccc(Br)cc1F. The first kappa shape index (κ1) is 15.0. The van der Waals surface area contributed by atoms with Gasteiger partial charge < -0.3 is 10.1 Å². The lowest BCUT2D eigenvalue weighted by atomic mass is 9.98. The van der Waals surface area contributed by atoms with Crippen molar-refractivity contribution in [2.75, 3.05) is 14.2 Å². The summed E-state index contributed by atoms with van der Waals surface area (Å²) in [5.74, 6) is 0.610. The highest BCUT2D eigenvalue weighted by molar-refractivity contribution is 9.10. The van der Waals surface area contributed by atoms with Crippen molar-refractivity contribution in [1.29, 1.82) is 0 Å². The summed E-state index contributed by atoms with van der Waals surface area (Å²) in [7, 11) is 3.48. The number of halogens is 2. The topological polar surface area (TPSA) is 21.3 Å². The smallest absolute Gasteiger partial charge is 0.129 e. The Morgan fingerprint density at radius 1 is 1.25 bits per heavy atom. The lowest BCUT2D eigenvalue weighted by molar-refractivity contribution is 0.406. The number of rotatable bonds is 5. The summed E-state index contributed by atoms with van der Waals surface area (Å²) >= 11 is 3.28. The van der Waals surface area contributed by atoms with Crippen molar-refractivity contribution >= 4 is 15.9 Å². The number of benzene rings is 2. The molecule has 2 nitrogen and oxygen atoms in total. The maximum absolute atomic E-state index is 14.1. The third kappa shape index (κ3) is 3.38. The minimum Gasteiger partial charge on any atom is -0.496 e. The van der Waals surface area contributed by atoms with Gasteiger partial charge in [-0.1, -0.05) is 40.2 Å². The van der Waals surface area contributed by atoms with Crippen LogP contribution in [0.25, 0.3) is 0 Å². The summed E-state index contributed by atoms with van der Waals surface area (Å²) < 4.78 is 20.2. The van der Waals surface area contributed by atoms with Crippen LogP contribution >= 0.6 is 15.9 Å². The van der Waals surface area contributed by atoms with Gasteiger partial charge in [0.2, 0.25) is 0 Å². The molecule has 1 atom stereocenters. The van der Waals surface area contributed by atoms with Gasteiger partial charge in [0, 0.05) is 16.1 Å². The van der Waals surface area contributed by atoms with Crippen molar-refractivity contribution in [1.82, 2.24) is 5.32 Å². The van der Waals surface area contributed by atoms with Gasteiger partial charge in [0.25, 0.3) is 0 Å². The highest BCUT2D eigenvalue weighted by Crippen LogP contribution is 2.27. The molecule has 0 amide bonds. The zero-order valence-corrected chi connectivity index (χ0v) is 13.1. The number of likely N-dealkylation sites (N-methyl/N-ethyl adjacent to an activating group) is 1. The molecule has 0 fully saturated rings. The Kier molecular flexibility index (Phi) is 5.15. The van der Waals surface area contributed by atoms with Crippen LogP contribution in [-0.2, 0) is 6.42 Å². The normalized spacial score (nSPS) is 12.2. The minimum atomic E-state index is -0.214. The van der Waals surface area contributed by atoms with Gasteiger partial charge in [-0.2, -0.15) is 0 Å². The molecule has 0 aliphatic rings. The van der Waals surface area contributed by atoms with Crippen molar-refractivity contribution in [3.8, 4) is 5.75 Å². The summed E-state index contributed by atoms with van der Waals surface area (Å²) in [5, 5.41) is 3.17. The largest absolute Gasteiger partial charge is 0.496 e. The lowest BCUT2D eigenvalue weighted by Crippen LogP contribution is -2.20. The van der Waals surface area contributed by atoms with Crippen LogP contribution in [-0.4, -0.2) is 14.2 Å². The molecule has 2 aromatic rings. The van der Waals surface area contributed by atoms with Crippen molar-refractivity contribution in [3.63, 3.8) is 0 Å². The van der Waals surface area contributed by atoms with Crippen LogP contribution in [0.1, 0.15) is 17.2 Å². The van der Waals surface area contributed by atoms with E-state index in [4.69, 9.17) is 4.74 Å². The zero-order valence-electron chi connectivity index (χ0n) is 11.5. The van der Waals surface area contributed by atoms with E-state index in [2.05, 4.69) is 21.2 Å². The second kappa shape index (κ2) is 6.86. The van der Waals surface area contributed by atoms with Crippen molar-refractivity contribution < 1.29 is 9.13 Å². The molecule has 0 heterocycles. The van der Waals surface area contributed by atoms with Crippen LogP contribution in [0.2, 0.25) is 0 Å². The molecule has 0 saturated carbocycles. The van der Waals surface area contributed by atoms with Crippen LogP contribution < -0.4 is 10.1 Å². The molecule has 2 aromatic carbocycles. The zero-order chi connectivity index (χ0) is 14.5. The summed E-state index contributed by atoms with van der Waals surface area (Å²) in [4.78, 5) is 0. The molecule has 0 aliphatic heterocycles. The third-order valence-corrected chi connectivity index (χ3v) is 3.80. The van der Waals surface area contributed by atoms with E-state index in [9.17, 15) is 4.39 Å². The standard InChI is InChI=1S/C16H17BrFNO/c1-19-15(13-8-7-12(17)10-14(13)18)9-11-5-3-4-6-16(11)20-2/h3-8,10,15,19H,9H2,1-2H3. The quantitative estimate of drug-likeness (QED) is 0.886. The van der Waals surface area contributed by atoms with E-state index in [0.29, 0.717) is 12.0 Å². The summed E-state index contributed by atoms with van der Waals surface area (Å²) in [6.45, 7) is 0. The molecule has 106 valence electrons. The minimum absolute atomic E-state index is 0.0978. The van der Waals surface area contributed by atoms with E-state index in [1.807, 2.05) is 37.4 Å². The van der Waals surface area contributed by atoms with Gasteiger partial charge in [-0.05, 0) is 37.2 Å². The molecule has 0 saturated heterocycles. The molecule has 4 heteroatoms. The average molecular weight is 338 g/mol. The van der Waals surface area contributed by atoms with E-state index in [1.54, 1.807) is 13.2 Å². The van der Waals surface area contributed by atoms with Gasteiger partial charge >= 0.3 is 0 Å². The maximum atomic E-state index is 14.1. The molecule has 1 N–H and O–H groups in total. The first-order valence-corrected chi connectivity index (χ1v) is 7.19. The van der Waals surface area contributed by atoms with Gasteiger partial charge in [0.05, 0.1) is 7.11 Å². The number of nitrogens with one attached hydrogen (secondary N) is 1. The molecular formula is C16H17BrFNO. The van der Waals surface area contributed by atoms with Gasteiger partial charge in [0.15, 0.2) is 0 Å². The molecule has 20 heavy (non-hydrogen) atoms. The maximum Gasteiger partial charge on any atom is 0.129 e. The monoisotopic (exact) mass is 337 g/mol. The second-order valence-electron chi connectivity index (χ2n) is 4.52. The van der Waals surface area contributed by atoms with E-state index < -0.39 is 0 Å². The van der Waals surface area contributed by atoms with Gasteiger partial charge in [-0.15, -0.1) is 0 Å². The predicted molar refractivity (Wildman–Crippen MR) is 82.6 cm³/mol. The number of ether oxygens (including phenoxy) is 1. The van der Waals surface area contributed by atoms with E-state index in [0.717, 1.165) is 15.8 Å². The number of para-hydroxylation sites is 1. The van der Waals surface area contributed by atoms with Crippen LogP contribution in [0.3, 0.4) is 0 Å². The first-order chi connectivity index (χ1) is 9.65. The highest BCUT2D eigenvalue weighted by atomic mass is 79.9. The van der Waals surface area contributed by atoms with Crippen LogP contribution in [0, 0.1) is 5.82 Å². The number of hydrogen-bond donors (Lipinski definition) is 1. The molecule has 0 aromatic heterocycles. The second-order valence-corrected chi connectivity index (χ2v) is 5.44. The molecule has 0 spiro atoms. The van der Waals surface area contributed by atoms with Gasteiger partial charge in [-0.25, -0.2) is 4.39 Å². The fourth-order valence-electron chi connectivity index (χ4n) is 2.24. The Bertz CT molecular complexity index is 588. The van der Waals surface area contributed by atoms with E-state index in [-0.39, 0.29) is 11.9 Å². The third-order valence-electron chi connectivity index (χ3n) is 3.30. The average Bonchev–Trinajstić information content (AvgIpc) is 2.46. The first-order valence-electron chi connectivity index (χ1n) is 6.39. The molecule has 0 bridgehead atoms.